The number of fused-ring (bicyclic) bond motifs is 1. The van der Waals surface area contributed by atoms with Gasteiger partial charge in [-0.05, 0) is 20.8 Å². The molecule has 2 aromatic rings. The molecule has 0 saturated carbocycles. The van der Waals surface area contributed by atoms with Gasteiger partial charge in [0, 0.05) is 12.2 Å². The predicted molar refractivity (Wildman–Crippen MR) is 118 cm³/mol. The quantitative estimate of drug-likeness (QED) is 0.141. The first-order chi connectivity index (χ1) is 16.3. The van der Waals surface area contributed by atoms with Crippen LogP contribution in [0.4, 0.5) is 10.6 Å². The van der Waals surface area contributed by atoms with Crippen molar-refractivity contribution >= 4 is 42.7 Å². The number of nitrogen functional groups attached to an aromatic ring is 1. The summed E-state index contributed by atoms with van der Waals surface area (Å²) in [6.07, 6.45) is 1.55. The Kier molecular flexibility index (Phi) is 11.7. The van der Waals surface area contributed by atoms with E-state index in [0.717, 1.165) is 0 Å². The summed E-state index contributed by atoms with van der Waals surface area (Å²) >= 11 is 0. The van der Waals surface area contributed by atoms with E-state index in [1.54, 1.807) is 25.3 Å². The van der Waals surface area contributed by atoms with Gasteiger partial charge in [0.15, 0.2) is 11.5 Å². The molecule has 1 unspecified atom stereocenters. The van der Waals surface area contributed by atoms with E-state index in [1.807, 2.05) is 0 Å². The summed E-state index contributed by atoms with van der Waals surface area (Å²) in [7, 11) is -4.11. The number of carbonyl (C=O) groups is 3. The third-order valence-corrected chi connectivity index (χ3v) is 4.52. The summed E-state index contributed by atoms with van der Waals surface area (Å²) in [5.74, 6) is -2.25. The molecule has 0 saturated heterocycles. The lowest BCUT2D eigenvalue weighted by Gasteiger charge is -2.17. The number of anilines is 1. The van der Waals surface area contributed by atoms with Gasteiger partial charge in [0.25, 0.3) is 0 Å². The second-order valence-corrected chi connectivity index (χ2v) is 8.68. The van der Waals surface area contributed by atoms with Gasteiger partial charge in [-0.2, -0.15) is 0 Å². The van der Waals surface area contributed by atoms with E-state index >= 15 is 0 Å². The minimum atomic E-state index is -4.11. The molecule has 0 aliphatic rings. The summed E-state index contributed by atoms with van der Waals surface area (Å²) in [6.45, 7) is 4.56. The third kappa shape index (κ3) is 11.9. The van der Waals surface area contributed by atoms with E-state index in [9.17, 15) is 23.8 Å². The van der Waals surface area contributed by atoms with Crippen LogP contribution < -0.4 is 5.73 Å². The molecule has 2 heterocycles. The van der Waals surface area contributed by atoms with E-state index in [2.05, 4.69) is 24.2 Å². The Balaban J connectivity index is 0.000000658. The van der Waals surface area contributed by atoms with Gasteiger partial charge >= 0.3 is 25.7 Å². The van der Waals surface area contributed by atoms with Crippen LogP contribution in [0, 0.1) is 0 Å². The maximum atomic E-state index is 11.9. The van der Waals surface area contributed by atoms with Gasteiger partial charge in [-0.25, -0.2) is 29.3 Å². The van der Waals surface area contributed by atoms with Crippen molar-refractivity contribution in [2.24, 2.45) is 0 Å². The highest BCUT2D eigenvalue weighted by Gasteiger charge is 2.23. The van der Waals surface area contributed by atoms with Gasteiger partial charge in [0.1, 0.15) is 18.2 Å². The van der Waals surface area contributed by atoms with Crippen LogP contribution in [0.1, 0.15) is 20.8 Å². The Labute approximate surface area is 198 Å². The number of carbonyl (C=O) groups excluding carboxylic acids is 1. The predicted octanol–water partition coefficient (Wildman–Crippen LogP) is 1.20. The first-order valence-electron chi connectivity index (χ1n) is 9.77. The van der Waals surface area contributed by atoms with Gasteiger partial charge in [-0.15, -0.1) is 0 Å². The Morgan fingerprint density at radius 2 is 1.77 bits per heavy atom. The fraction of sp³-hybridized carbons (Fsp3) is 0.444. The highest BCUT2D eigenvalue weighted by Crippen LogP contribution is 2.42. The molecule has 0 bridgehead atoms. The van der Waals surface area contributed by atoms with Crippen LogP contribution in [0.3, 0.4) is 0 Å². The van der Waals surface area contributed by atoms with Crippen molar-refractivity contribution in [2.75, 3.05) is 18.9 Å². The number of imidazole rings is 1. The van der Waals surface area contributed by atoms with E-state index in [4.69, 9.17) is 25.4 Å². The Bertz CT molecular complexity index is 1070. The van der Waals surface area contributed by atoms with Crippen molar-refractivity contribution in [1.82, 2.24) is 19.5 Å². The maximum Gasteiger partial charge on any atom is 0.510 e. The molecular formula is C18H26N5O11P. The molecule has 0 amide bonds. The molecule has 2 aromatic heterocycles. The van der Waals surface area contributed by atoms with Gasteiger partial charge < -0.3 is 39.6 Å². The molecule has 0 aromatic carbocycles. The van der Waals surface area contributed by atoms with Crippen molar-refractivity contribution in [1.29, 1.82) is 0 Å². The topological polar surface area (TPSA) is 236 Å². The lowest BCUT2D eigenvalue weighted by molar-refractivity contribution is -0.134. The lowest BCUT2D eigenvalue weighted by atomic mass is 10.4. The molecule has 0 fully saturated rings. The van der Waals surface area contributed by atoms with E-state index in [0.29, 0.717) is 29.9 Å². The first kappa shape index (κ1) is 29.4. The van der Waals surface area contributed by atoms with Crippen molar-refractivity contribution in [3.8, 4) is 0 Å². The summed E-state index contributed by atoms with van der Waals surface area (Å²) in [5.41, 5.74) is 6.71. The third-order valence-electron chi connectivity index (χ3n) is 3.54. The van der Waals surface area contributed by atoms with Gasteiger partial charge in [0.2, 0.25) is 6.79 Å². The van der Waals surface area contributed by atoms with Crippen LogP contribution in [0.25, 0.3) is 11.2 Å². The van der Waals surface area contributed by atoms with Crippen LogP contribution >= 0.6 is 7.60 Å². The number of ether oxygens (including phenoxy) is 3. The number of aliphatic carboxylic acids is 2. The summed E-state index contributed by atoms with van der Waals surface area (Å²) in [5, 5.41) is 15.6. The zero-order valence-electron chi connectivity index (χ0n) is 19.0. The van der Waals surface area contributed by atoms with Gasteiger partial charge in [0.05, 0.1) is 25.1 Å². The number of nitrogens with two attached hydrogens (primary N) is 1. The number of hydrogen-bond donors (Lipinski definition) is 4. The molecule has 0 radical (unpaired) electrons. The molecule has 5 N–H and O–H groups in total. The van der Waals surface area contributed by atoms with Crippen LogP contribution in [0.15, 0.2) is 24.8 Å². The Morgan fingerprint density at radius 3 is 2.34 bits per heavy atom. The average molecular weight is 519 g/mol. The minimum Gasteiger partial charge on any atom is -0.478 e. The number of carboxylic acids is 2. The van der Waals surface area contributed by atoms with Gasteiger partial charge in [-0.3, -0.25) is 9.09 Å². The lowest BCUT2D eigenvalue weighted by Crippen LogP contribution is -2.18. The van der Waals surface area contributed by atoms with Crippen LogP contribution in [0.5, 0.6) is 0 Å². The van der Waals surface area contributed by atoms with E-state index in [-0.39, 0.29) is 11.9 Å². The van der Waals surface area contributed by atoms with Crippen LogP contribution in [-0.2, 0) is 39.4 Å². The van der Waals surface area contributed by atoms with Crippen LogP contribution in [-0.4, -0.2) is 78.1 Å². The summed E-state index contributed by atoms with van der Waals surface area (Å²) in [4.78, 5) is 52.1. The molecule has 16 nitrogen and oxygen atoms in total. The highest BCUT2D eigenvalue weighted by atomic mass is 31.2. The van der Waals surface area contributed by atoms with Crippen molar-refractivity contribution in [3.63, 3.8) is 0 Å². The smallest absolute Gasteiger partial charge is 0.478 e. The number of hydrogen-bond acceptors (Lipinski definition) is 12. The number of carboxylic acid groups (broad SMARTS) is 2. The summed E-state index contributed by atoms with van der Waals surface area (Å²) in [6, 6.07) is 0. The van der Waals surface area contributed by atoms with Crippen LogP contribution in [0.2, 0.25) is 0 Å². The molecule has 194 valence electrons. The largest absolute Gasteiger partial charge is 0.510 e. The molecule has 0 spiro atoms. The second kappa shape index (κ2) is 14.0. The Morgan fingerprint density at radius 1 is 1.14 bits per heavy atom. The minimum absolute atomic E-state index is 0.261. The molecular weight excluding hydrogens is 493 g/mol. The first-order valence-corrected chi connectivity index (χ1v) is 11.5. The molecule has 35 heavy (non-hydrogen) atoms. The fourth-order valence-corrected chi connectivity index (χ4v) is 2.88. The summed E-state index contributed by atoms with van der Waals surface area (Å²) < 4.78 is 32.8. The molecule has 0 aliphatic carbocycles. The van der Waals surface area contributed by atoms with Crippen molar-refractivity contribution in [3.05, 3.63) is 24.8 Å². The van der Waals surface area contributed by atoms with E-state index in [1.165, 1.54) is 12.7 Å². The molecule has 2 atom stereocenters. The standard InChI is InChI=1S/C14H22N5O7P.C4H4O4/c1-9(2)26-14(20)23-7-25-27(21,22)8-24-10(3)4-19-6-18-11-12(15)16-5-17-13(11)19;5-3(6)1-2-4(7)8/h5-6,9-10H,4,7-8H2,1-3H3,(H,21,22)(H2,15,16,17);1-2H,(H,5,6)(H,7,8)/b;2-1+/t10-;/m1./s1. The number of aromatic nitrogens is 4. The molecule has 17 heteroatoms. The average Bonchev–Trinajstić information content (AvgIpc) is 3.15. The second-order valence-electron chi connectivity index (χ2n) is 6.89. The number of nitrogens with zero attached hydrogens (tertiary/aromatic N) is 4. The van der Waals surface area contributed by atoms with Crippen molar-refractivity contribution in [2.45, 2.75) is 39.5 Å². The Hall–Kier alpha value is -3.59. The molecule has 0 aliphatic heterocycles. The zero-order chi connectivity index (χ0) is 26.6. The number of rotatable bonds is 11. The maximum absolute atomic E-state index is 11.9. The zero-order valence-corrected chi connectivity index (χ0v) is 19.9. The highest BCUT2D eigenvalue weighted by molar-refractivity contribution is 7.52. The molecule has 2 rings (SSSR count). The monoisotopic (exact) mass is 519 g/mol. The normalized spacial score (nSPS) is 13.6. The fourth-order valence-electron chi connectivity index (χ4n) is 2.15. The van der Waals surface area contributed by atoms with Crippen molar-refractivity contribution < 1.29 is 52.8 Å². The van der Waals surface area contributed by atoms with Gasteiger partial charge in [-0.1, -0.05) is 0 Å². The van der Waals surface area contributed by atoms with E-state index < -0.39 is 44.9 Å². The SMILES string of the molecule is CC(C)OC(=O)OCOP(=O)(O)CO[C@H](C)Cn1cnc2c(N)ncnc21.O=C(O)/C=C/C(=O)O.